The van der Waals surface area contributed by atoms with Crippen LogP contribution in [-0.2, 0) is 14.3 Å². The first-order valence-electron chi connectivity index (χ1n) is 6.84. The molecule has 0 saturated carbocycles. The quantitative estimate of drug-likeness (QED) is 0.600. The van der Waals surface area contributed by atoms with Gasteiger partial charge < -0.3 is 20.5 Å². The van der Waals surface area contributed by atoms with Crippen LogP contribution in [0.3, 0.4) is 0 Å². The number of amides is 1. The van der Waals surface area contributed by atoms with Gasteiger partial charge in [-0.2, -0.15) is 0 Å². The minimum Gasteiger partial charge on any atom is -0.481 e. The molecule has 0 spiro atoms. The average Bonchev–Trinajstić information content (AvgIpc) is 2.43. The van der Waals surface area contributed by atoms with Crippen molar-refractivity contribution in [2.24, 2.45) is 0 Å². The van der Waals surface area contributed by atoms with Crippen molar-refractivity contribution in [3.05, 3.63) is 29.8 Å². The number of methoxy groups -OCH3 is 1. The van der Waals surface area contributed by atoms with Crippen LogP contribution in [0.4, 0.5) is 5.69 Å². The Hall–Kier alpha value is -1.92. The Morgan fingerprint density at radius 1 is 1.29 bits per heavy atom. The maximum atomic E-state index is 11.6. The molecule has 6 nitrogen and oxygen atoms in total. The highest BCUT2D eigenvalue weighted by atomic mass is 16.5. The summed E-state index contributed by atoms with van der Waals surface area (Å²) in [5.41, 5.74) is 1.63. The van der Waals surface area contributed by atoms with E-state index in [9.17, 15) is 9.59 Å². The Morgan fingerprint density at radius 2 is 1.95 bits per heavy atom. The van der Waals surface area contributed by atoms with Crippen LogP contribution in [0.15, 0.2) is 24.3 Å². The molecule has 1 aromatic carbocycles. The van der Waals surface area contributed by atoms with Crippen molar-refractivity contribution in [1.82, 2.24) is 5.32 Å². The lowest BCUT2D eigenvalue weighted by atomic mass is 9.98. The summed E-state index contributed by atoms with van der Waals surface area (Å²) in [5, 5.41) is 14.5. The lowest BCUT2D eigenvalue weighted by Crippen LogP contribution is -2.30. The molecule has 0 aliphatic rings. The third-order valence-electron chi connectivity index (χ3n) is 3.01. The molecule has 1 amide bonds. The molecule has 6 heteroatoms. The number of aliphatic carboxylic acids is 1. The number of carbonyl (C=O) groups is 2. The van der Waals surface area contributed by atoms with Crippen molar-refractivity contribution >= 4 is 17.6 Å². The van der Waals surface area contributed by atoms with Crippen LogP contribution < -0.4 is 10.6 Å². The van der Waals surface area contributed by atoms with Gasteiger partial charge in [0.2, 0.25) is 5.91 Å². The van der Waals surface area contributed by atoms with Gasteiger partial charge in [-0.1, -0.05) is 19.1 Å². The zero-order valence-electron chi connectivity index (χ0n) is 12.4. The molecule has 21 heavy (non-hydrogen) atoms. The van der Waals surface area contributed by atoms with Crippen molar-refractivity contribution in [2.45, 2.75) is 19.3 Å². The van der Waals surface area contributed by atoms with Crippen molar-refractivity contribution in [3.8, 4) is 0 Å². The fraction of sp³-hybridized carbons (Fsp3) is 0.467. The molecule has 1 aromatic rings. The van der Waals surface area contributed by atoms with Gasteiger partial charge in [0.1, 0.15) is 0 Å². The molecule has 1 rings (SSSR count). The molecule has 0 bridgehead atoms. The zero-order valence-corrected chi connectivity index (χ0v) is 12.4. The Kier molecular flexibility index (Phi) is 7.42. The average molecular weight is 294 g/mol. The molecule has 0 radical (unpaired) electrons. The van der Waals surface area contributed by atoms with Crippen LogP contribution in [0.1, 0.15) is 24.8 Å². The second kappa shape index (κ2) is 9.10. The van der Waals surface area contributed by atoms with E-state index in [0.29, 0.717) is 18.8 Å². The summed E-state index contributed by atoms with van der Waals surface area (Å²) in [7, 11) is 1.61. The molecule has 0 aliphatic heterocycles. The fourth-order valence-corrected chi connectivity index (χ4v) is 1.86. The summed E-state index contributed by atoms with van der Waals surface area (Å²) in [6.45, 7) is 3.26. The van der Waals surface area contributed by atoms with Crippen LogP contribution in [0, 0.1) is 0 Å². The summed E-state index contributed by atoms with van der Waals surface area (Å²) in [5.74, 6) is -0.998. The number of benzene rings is 1. The van der Waals surface area contributed by atoms with Gasteiger partial charge in [-0.3, -0.25) is 9.59 Å². The van der Waals surface area contributed by atoms with Gasteiger partial charge in [0.25, 0.3) is 0 Å². The molecule has 116 valence electrons. The summed E-state index contributed by atoms with van der Waals surface area (Å²) < 4.78 is 4.87. The van der Waals surface area contributed by atoms with E-state index < -0.39 is 5.97 Å². The predicted octanol–water partition coefficient (Wildman–Crippen LogP) is 1.44. The van der Waals surface area contributed by atoms with Crippen molar-refractivity contribution in [1.29, 1.82) is 0 Å². The lowest BCUT2D eigenvalue weighted by molar-refractivity contribution is -0.137. The van der Waals surface area contributed by atoms with Gasteiger partial charge in [-0.15, -0.1) is 0 Å². The molecule has 3 N–H and O–H groups in total. The number of carboxylic acids is 1. The number of ether oxygens (including phenoxy) is 1. The topological polar surface area (TPSA) is 87.7 Å². The Bertz CT molecular complexity index is 459. The summed E-state index contributed by atoms with van der Waals surface area (Å²) in [6.07, 6.45) is 0.0924. The van der Waals surface area contributed by atoms with Gasteiger partial charge >= 0.3 is 5.97 Å². The zero-order chi connectivity index (χ0) is 15.7. The number of hydrogen-bond donors (Lipinski definition) is 3. The molecular formula is C15H22N2O4. The Morgan fingerprint density at radius 3 is 2.52 bits per heavy atom. The van der Waals surface area contributed by atoms with Gasteiger partial charge in [0.15, 0.2) is 0 Å². The second-order valence-corrected chi connectivity index (χ2v) is 4.84. The SMILES string of the molecule is COCCNCC(=O)Nc1ccc(C(C)CC(=O)O)cc1. The van der Waals surface area contributed by atoms with Crippen molar-refractivity contribution in [3.63, 3.8) is 0 Å². The maximum absolute atomic E-state index is 11.6. The number of hydrogen-bond acceptors (Lipinski definition) is 4. The van der Waals surface area contributed by atoms with Crippen LogP contribution in [0.5, 0.6) is 0 Å². The molecule has 1 unspecified atom stereocenters. The third-order valence-corrected chi connectivity index (χ3v) is 3.01. The van der Waals surface area contributed by atoms with Gasteiger partial charge in [0.05, 0.1) is 19.6 Å². The number of rotatable bonds is 9. The maximum Gasteiger partial charge on any atom is 0.303 e. The van der Waals surface area contributed by atoms with Crippen LogP contribution in [0.25, 0.3) is 0 Å². The highest BCUT2D eigenvalue weighted by Gasteiger charge is 2.10. The molecule has 1 atom stereocenters. The van der Waals surface area contributed by atoms with Crippen LogP contribution >= 0.6 is 0 Å². The Balaban J connectivity index is 2.43. The van der Waals surface area contributed by atoms with E-state index in [2.05, 4.69) is 10.6 Å². The standard InChI is InChI=1S/C15H22N2O4/c1-11(9-15(19)20)12-3-5-13(6-4-12)17-14(18)10-16-7-8-21-2/h3-6,11,16H,7-10H2,1-2H3,(H,17,18)(H,19,20). The van der Waals surface area contributed by atoms with Gasteiger partial charge in [0, 0.05) is 19.3 Å². The van der Waals surface area contributed by atoms with E-state index in [0.717, 1.165) is 5.56 Å². The monoisotopic (exact) mass is 294 g/mol. The molecule has 0 fully saturated rings. The second-order valence-electron chi connectivity index (χ2n) is 4.84. The number of nitrogens with one attached hydrogen (secondary N) is 2. The number of anilines is 1. The molecular weight excluding hydrogens is 272 g/mol. The highest BCUT2D eigenvalue weighted by molar-refractivity contribution is 5.92. The fourth-order valence-electron chi connectivity index (χ4n) is 1.86. The van der Waals surface area contributed by atoms with E-state index in [1.165, 1.54) is 0 Å². The van der Waals surface area contributed by atoms with Crippen LogP contribution in [0.2, 0.25) is 0 Å². The summed E-state index contributed by atoms with van der Waals surface area (Å²) in [4.78, 5) is 22.3. The largest absolute Gasteiger partial charge is 0.481 e. The first-order valence-corrected chi connectivity index (χ1v) is 6.84. The summed E-state index contributed by atoms with van der Waals surface area (Å²) >= 11 is 0. The van der Waals surface area contributed by atoms with E-state index in [1.807, 2.05) is 19.1 Å². The summed E-state index contributed by atoms with van der Waals surface area (Å²) in [6, 6.07) is 7.23. The highest BCUT2D eigenvalue weighted by Crippen LogP contribution is 2.20. The Labute approximate surface area is 124 Å². The van der Waals surface area contributed by atoms with Gasteiger partial charge in [-0.25, -0.2) is 0 Å². The molecule has 0 aliphatic carbocycles. The van der Waals surface area contributed by atoms with E-state index in [-0.39, 0.29) is 24.8 Å². The van der Waals surface area contributed by atoms with Crippen molar-refractivity contribution < 1.29 is 19.4 Å². The molecule has 0 saturated heterocycles. The van der Waals surface area contributed by atoms with E-state index >= 15 is 0 Å². The number of carbonyl (C=O) groups excluding carboxylic acids is 1. The normalized spacial score (nSPS) is 11.9. The third kappa shape index (κ3) is 6.87. The minimum atomic E-state index is -0.818. The predicted molar refractivity (Wildman–Crippen MR) is 80.5 cm³/mol. The van der Waals surface area contributed by atoms with Crippen LogP contribution in [-0.4, -0.2) is 43.8 Å². The van der Waals surface area contributed by atoms with E-state index in [1.54, 1.807) is 19.2 Å². The first-order chi connectivity index (χ1) is 10.0. The minimum absolute atomic E-state index is 0.0528. The van der Waals surface area contributed by atoms with Gasteiger partial charge in [-0.05, 0) is 23.6 Å². The smallest absolute Gasteiger partial charge is 0.303 e. The lowest BCUT2D eigenvalue weighted by Gasteiger charge is -2.11. The molecule has 0 heterocycles. The van der Waals surface area contributed by atoms with E-state index in [4.69, 9.17) is 9.84 Å². The van der Waals surface area contributed by atoms with Crippen molar-refractivity contribution in [2.75, 3.05) is 32.1 Å². The molecule has 0 aromatic heterocycles. The number of carboxylic acid groups (broad SMARTS) is 1. The first kappa shape index (κ1) is 17.1.